The second-order valence-corrected chi connectivity index (χ2v) is 9.81. The van der Waals surface area contributed by atoms with E-state index in [0.29, 0.717) is 10.7 Å². The Hall–Kier alpha value is -2.09. The molecule has 0 radical (unpaired) electrons. The molecule has 1 aliphatic carbocycles. The quantitative estimate of drug-likeness (QED) is 0.664. The van der Waals surface area contributed by atoms with Crippen LogP contribution in [0.3, 0.4) is 0 Å². The number of rotatable bonds is 6. The van der Waals surface area contributed by atoms with Crippen LogP contribution in [0.1, 0.15) is 48.5 Å². The Morgan fingerprint density at radius 1 is 1.17 bits per heavy atom. The van der Waals surface area contributed by atoms with Crippen LogP contribution >= 0.6 is 11.6 Å². The summed E-state index contributed by atoms with van der Waals surface area (Å²) < 4.78 is 34.3. The first-order valence-electron chi connectivity index (χ1n) is 9.99. The first kappa shape index (κ1) is 22.6. The van der Waals surface area contributed by atoms with Crippen LogP contribution < -0.4 is 14.8 Å². The fourth-order valence-corrected chi connectivity index (χ4v) is 5.47. The highest BCUT2D eigenvalue weighted by atomic mass is 35.5. The first-order valence-corrected chi connectivity index (χ1v) is 11.9. The summed E-state index contributed by atoms with van der Waals surface area (Å²) >= 11 is 6.12. The molecule has 2 N–H and O–H groups in total. The van der Waals surface area contributed by atoms with Crippen molar-refractivity contribution in [3.63, 3.8) is 0 Å². The zero-order valence-electron chi connectivity index (χ0n) is 17.4. The summed E-state index contributed by atoms with van der Waals surface area (Å²) in [4.78, 5) is 12.7. The lowest BCUT2D eigenvalue weighted by Gasteiger charge is -2.29. The SMILES string of the molecule is COc1ccc(C(=O)Nc2cccc(Cl)c2C)cc1S(=O)(=O)NC1CCCCC1C. The summed E-state index contributed by atoms with van der Waals surface area (Å²) in [7, 11) is -2.45. The van der Waals surface area contributed by atoms with Gasteiger partial charge in [-0.05, 0) is 61.6 Å². The van der Waals surface area contributed by atoms with Gasteiger partial charge in [0.05, 0.1) is 7.11 Å². The highest BCUT2D eigenvalue weighted by molar-refractivity contribution is 7.89. The first-order chi connectivity index (χ1) is 14.2. The average molecular weight is 451 g/mol. The van der Waals surface area contributed by atoms with Crippen molar-refractivity contribution < 1.29 is 17.9 Å². The minimum Gasteiger partial charge on any atom is -0.495 e. The molecule has 8 heteroatoms. The summed E-state index contributed by atoms with van der Waals surface area (Å²) in [6.07, 6.45) is 3.90. The van der Waals surface area contributed by atoms with Crippen molar-refractivity contribution in [1.82, 2.24) is 4.72 Å². The molecule has 162 valence electrons. The Bertz CT molecular complexity index is 1040. The molecule has 1 amide bonds. The summed E-state index contributed by atoms with van der Waals surface area (Å²) in [5.74, 6) is 0.0313. The lowest BCUT2D eigenvalue weighted by atomic mass is 9.87. The van der Waals surface area contributed by atoms with Crippen LogP contribution in [0.4, 0.5) is 5.69 Å². The summed E-state index contributed by atoms with van der Waals surface area (Å²) in [5, 5.41) is 3.33. The van der Waals surface area contributed by atoms with E-state index in [1.165, 1.54) is 25.3 Å². The molecule has 0 aliphatic heterocycles. The van der Waals surface area contributed by atoms with E-state index in [1.807, 2.05) is 0 Å². The average Bonchev–Trinajstić information content (AvgIpc) is 2.72. The maximum Gasteiger partial charge on any atom is 0.255 e. The number of carbonyl (C=O) groups excluding carboxylic acids is 1. The molecule has 0 bridgehead atoms. The summed E-state index contributed by atoms with van der Waals surface area (Å²) in [5.41, 5.74) is 1.52. The van der Waals surface area contributed by atoms with Crippen LogP contribution in [0.25, 0.3) is 0 Å². The van der Waals surface area contributed by atoms with Gasteiger partial charge in [0, 0.05) is 22.3 Å². The van der Waals surface area contributed by atoms with Crippen LogP contribution in [0.5, 0.6) is 5.75 Å². The maximum absolute atomic E-state index is 13.1. The lowest BCUT2D eigenvalue weighted by molar-refractivity contribution is 0.102. The molecule has 1 fully saturated rings. The van der Waals surface area contributed by atoms with Gasteiger partial charge in [0.25, 0.3) is 5.91 Å². The predicted molar refractivity (Wildman–Crippen MR) is 119 cm³/mol. The molecule has 2 aromatic carbocycles. The summed E-state index contributed by atoms with van der Waals surface area (Å²) in [6, 6.07) is 9.48. The Morgan fingerprint density at radius 2 is 1.90 bits per heavy atom. The minimum atomic E-state index is -3.86. The van der Waals surface area contributed by atoms with Crippen LogP contribution in [-0.4, -0.2) is 27.5 Å². The number of sulfonamides is 1. The molecule has 3 rings (SSSR count). The molecule has 1 aliphatic rings. The van der Waals surface area contributed by atoms with Gasteiger partial charge in [-0.2, -0.15) is 0 Å². The number of hydrogen-bond acceptors (Lipinski definition) is 4. The van der Waals surface area contributed by atoms with Crippen LogP contribution in [0.15, 0.2) is 41.3 Å². The molecule has 1 saturated carbocycles. The monoisotopic (exact) mass is 450 g/mol. The normalized spacial score (nSPS) is 19.3. The third-order valence-corrected chi connectivity index (χ3v) is 7.57. The molecule has 0 spiro atoms. The number of anilines is 1. The lowest BCUT2D eigenvalue weighted by Crippen LogP contribution is -2.41. The molecular formula is C22H27ClN2O4S. The topological polar surface area (TPSA) is 84.5 Å². The standard InChI is InChI=1S/C22H27ClN2O4S/c1-14-7-4-5-9-18(14)25-30(27,28)21-13-16(11-12-20(21)29-3)22(26)24-19-10-6-8-17(23)15(19)2/h6,8,10-14,18,25H,4-5,7,9H2,1-3H3,(H,24,26). The Morgan fingerprint density at radius 3 is 2.60 bits per heavy atom. The van der Waals surface area contributed by atoms with Crippen molar-refractivity contribution in [2.45, 2.75) is 50.5 Å². The number of benzene rings is 2. The van der Waals surface area contributed by atoms with Crippen molar-refractivity contribution in [1.29, 1.82) is 0 Å². The molecule has 0 aromatic heterocycles. The van der Waals surface area contributed by atoms with E-state index in [1.54, 1.807) is 25.1 Å². The van der Waals surface area contributed by atoms with Crippen molar-refractivity contribution in [2.24, 2.45) is 5.92 Å². The zero-order chi connectivity index (χ0) is 21.9. The third-order valence-electron chi connectivity index (χ3n) is 5.65. The van der Waals surface area contributed by atoms with Crippen LogP contribution in [0.2, 0.25) is 5.02 Å². The van der Waals surface area contributed by atoms with E-state index in [0.717, 1.165) is 31.2 Å². The highest BCUT2D eigenvalue weighted by Crippen LogP contribution is 2.30. The predicted octanol–water partition coefficient (Wildman–Crippen LogP) is 4.77. The van der Waals surface area contributed by atoms with Gasteiger partial charge in [-0.1, -0.05) is 37.4 Å². The second-order valence-electron chi connectivity index (χ2n) is 7.72. The van der Waals surface area contributed by atoms with Gasteiger partial charge in [-0.25, -0.2) is 13.1 Å². The Labute approximate surface area is 183 Å². The van der Waals surface area contributed by atoms with Gasteiger partial charge in [-0.15, -0.1) is 0 Å². The van der Waals surface area contributed by atoms with Gasteiger partial charge in [0.2, 0.25) is 10.0 Å². The Kier molecular flexibility index (Phi) is 7.06. The fourth-order valence-electron chi connectivity index (χ4n) is 3.72. The van der Waals surface area contributed by atoms with Gasteiger partial charge in [-0.3, -0.25) is 4.79 Å². The van der Waals surface area contributed by atoms with Gasteiger partial charge < -0.3 is 10.1 Å². The fraction of sp³-hybridized carbons (Fsp3) is 0.409. The molecule has 0 saturated heterocycles. The number of nitrogens with one attached hydrogen (secondary N) is 2. The molecule has 6 nitrogen and oxygen atoms in total. The van der Waals surface area contributed by atoms with E-state index in [2.05, 4.69) is 17.0 Å². The molecule has 2 aromatic rings. The molecule has 2 atom stereocenters. The molecule has 0 heterocycles. The van der Waals surface area contributed by atoms with E-state index < -0.39 is 15.9 Å². The second kappa shape index (κ2) is 9.37. The van der Waals surface area contributed by atoms with Gasteiger partial charge >= 0.3 is 0 Å². The Balaban J connectivity index is 1.89. The number of methoxy groups -OCH3 is 1. The van der Waals surface area contributed by atoms with E-state index >= 15 is 0 Å². The van der Waals surface area contributed by atoms with E-state index in [4.69, 9.17) is 16.3 Å². The molecule has 30 heavy (non-hydrogen) atoms. The van der Waals surface area contributed by atoms with Crippen molar-refractivity contribution in [3.8, 4) is 5.75 Å². The number of halogens is 1. The van der Waals surface area contributed by atoms with Gasteiger partial charge in [0.1, 0.15) is 10.6 Å². The highest BCUT2D eigenvalue weighted by Gasteiger charge is 2.29. The minimum absolute atomic E-state index is 0.0433. The van der Waals surface area contributed by atoms with Crippen LogP contribution in [-0.2, 0) is 10.0 Å². The molecule has 2 unspecified atom stereocenters. The van der Waals surface area contributed by atoms with E-state index in [9.17, 15) is 13.2 Å². The third kappa shape index (κ3) is 4.96. The number of hydrogen-bond donors (Lipinski definition) is 2. The molecular weight excluding hydrogens is 424 g/mol. The smallest absolute Gasteiger partial charge is 0.255 e. The van der Waals surface area contributed by atoms with E-state index in [-0.39, 0.29) is 28.2 Å². The largest absolute Gasteiger partial charge is 0.495 e. The van der Waals surface area contributed by atoms with Crippen molar-refractivity contribution >= 4 is 33.2 Å². The summed E-state index contributed by atoms with van der Waals surface area (Å²) in [6.45, 7) is 3.86. The number of ether oxygens (including phenoxy) is 1. The number of carbonyl (C=O) groups is 1. The van der Waals surface area contributed by atoms with Gasteiger partial charge in [0.15, 0.2) is 0 Å². The maximum atomic E-state index is 13.1. The zero-order valence-corrected chi connectivity index (χ0v) is 18.9. The number of amides is 1. The van der Waals surface area contributed by atoms with Crippen LogP contribution in [0, 0.1) is 12.8 Å². The van der Waals surface area contributed by atoms with Crippen molar-refractivity contribution in [2.75, 3.05) is 12.4 Å². The van der Waals surface area contributed by atoms with Crippen molar-refractivity contribution in [3.05, 3.63) is 52.5 Å².